The van der Waals surface area contributed by atoms with Crippen molar-refractivity contribution in [2.75, 3.05) is 0 Å². The van der Waals surface area contributed by atoms with Gasteiger partial charge in [0.25, 0.3) is 0 Å². The fraction of sp³-hybridized carbons (Fsp3) is 0.533. The Morgan fingerprint density at radius 1 is 1.12 bits per heavy atom. The molecule has 2 nitrogen and oxygen atoms in total. The van der Waals surface area contributed by atoms with Crippen molar-refractivity contribution in [1.29, 1.82) is 0 Å². The monoisotopic (exact) mass is 234 g/mol. The highest BCUT2D eigenvalue weighted by molar-refractivity contribution is 5.85. The molecule has 0 heterocycles. The fourth-order valence-corrected chi connectivity index (χ4v) is 1.72. The molecule has 1 N–H and O–H groups in total. The summed E-state index contributed by atoms with van der Waals surface area (Å²) in [5.74, 6) is 0.252. The van der Waals surface area contributed by atoms with Crippen molar-refractivity contribution in [2.24, 2.45) is 5.92 Å². The van der Waals surface area contributed by atoms with E-state index in [1.54, 1.807) is 13.8 Å². The van der Waals surface area contributed by atoms with Gasteiger partial charge in [0.2, 0.25) is 0 Å². The highest BCUT2D eigenvalue weighted by atomic mass is 16.3. The Kier molecular flexibility index (Phi) is 4.88. The Morgan fingerprint density at radius 3 is 2.00 bits per heavy atom. The van der Waals surface area contributed by atoms with Crippen LogP contribution in [0.4, 0.5) is 0 Å². The average molecular weight is 234 g/mol. The number of hydrogen-bond donors (Lipinski definition) is 1. The number of carbonyl (C=O) groups is 1. The summed E-state index contributed by atoms with van der Waals surface area (Å²) >= 11 is 0. The van der Waals surface area contributed by atoms with Crippen LogP contribution in [0.3, 0.4) is 0 Å². The number of rotatable bonds is 5. The third-order valence-electron chi connectivity index (χ3n) is 3.27. The minimum absolute atomic E-state index is 0.124. The number of benzene rings is 1. The van der Waals surface area contributed by atoms with Crippen molar-refractivity contribution in [2.45, 2.75) is 46.1 Å². The number of ketones is 1. The zero-order valence-electron chi connectivity index (χ0n) is 11.1. The summed E-state index contributed by atoms with van der Waals surface area (Å²) in [6.45, 7) is 7.93. The van der Waals surface area contributed by atoms with Crippen LogP contribution in [0.15, 0.2) is 24.3 Å². The van der Waals surface area contributed by atoms with Gasteiger partial charge in [0, 0.05) is 5.92 Å². The van der Waals surface area contributed by atoms with Crippen LogP contribution < -0.4 is 0 Å². The van der Waals surface area contributed by atoms with E-state index in [0.717, 1.165) is 6.42 Å². The summed E-state index contributed by atoms with van der Waals surface area (Å²) in [6, 6.07) is 7.71. The maximum absolute atomic E-state index is 11.7. The minimum Gasteiger partial charge on any atom is -0.381 e. The molecule has 17 heavy (non-hydrogen) atoms. The number of carbonyl (C=O) groups excluding carboxylic acids is 1. The van der Waals surface area contributed by atoms with Crippen molar-refractivity contribution in [3.05, 3.63) is 35.4 Å². The molecular weight excluding hydrogens is 212 g/mol. The molecule has 0 aliphatic heterocycles. The lowest BCUT2D eigenvalue weighted by Gasteiger charge is -2.14. The smallest absolute Gasteiger partial charge is 0.168 e. The largest absolute Gasteiger partial charge is 0.381 e. The van der Waals surface area contributed by atoms with Gasteiger partial charge in [0.15, 0.2) is 5.78 Å². The predicted octanol–water partition coefficient (Wildman–Crippen LogP) is 3.46. The van der Waals surface area contributed by atoms with Crippen LogP contribution in [0.1, 0.15) is 57.3 Å². The lowest BCUT2D eigenvalue weighted by atomic mass is 9.94. The van der Waals surface area contributed by atoms with Gasteiger partial charge in [-0.1, -0.05) is 52.0 Å². The van der Waals surface area contributed by atoms with Crippen molar-refractivity contribution >= 4 is 5.78 Å². The summed E-state index contributed by atoms with van der Waals surface area (Å²) < 4.78 is 0. The standard InChI is InChI=1S/C15H22O2/c1-5-11(4)12-6-8-13(9-7-12)15(17)14(16)10(2)3/h6-11,15,17H,5H2,1-4H3. The van der Waals surface area contributed by atoms with Gasteiger partial charge in [-0.2, -0.15) is 0 Å². The Hall–Kier alpha value is -1.15. The first-order chi connectivity index (χ1) is 7.97. The number of Topliss-reactive ketones (excluding diaryl/α,β-unsaturated/α-hetero) is 1. The molecule has 0 aromatic heterocycles. The summed E-state index contributed by atoms with van der Waals surface area (Å²) in [7, 11) is 0. The second-order valence-corrected chi connectivity index (χ2v) is 4.94. The SMILES string of the molecule is CCC(C)c1ccc(C(O)C(=O)C(C)C)cc1. The third kappa shape index (κ3) is 3.40. The van der Waals surface area contributed by atoms with Gasteiger partial charge in [-0.25, -0.2) is 0 Å². The van der Waals surface area contributed by atoms with Crippen LogP contribution >= 0.6 is 0 Å². The first-order valence-electron chi connectivity index (χ1n) is 6.29. The molecule has 0 radical (unpaired) electrons. The van der Waals surface area contributed by atoms with Crippen LogP contribution in [-0.2, 0) is 4.79 Å². The first-order valence-corrected chi connectivity index (χ1v) is 6.29. The van der Waals surface area contributed by atoms with Crippen molar-refractivity contribution in [1.82, 2.24) is 0 Å². The maximum atomic E-state index is 11.7. The zero-order chi connectivity index (χ0) is 13.0. The van der Waals surface area contributed by atoms with Crippen LogP contribution in [0.25, 0.3) is 0 Å². The second-order valence-electron chi connectivity index (χ2n) is 4.94. The summed E-state index contributed by atoms with van der Waals surface area (Å²) in [5, 5.41) is 9.90. The quantitative estimate of drug-likeness (QED) is 0.847. The Balaban J connectivity index is 2.84. The van der Waals surface area contributed by atoms with Crippen molar-refractivity contribution in [3.8, 4) is 0 Å². The third-order valence-corrected chi connectivity index (χ3v) is 3.27. The second kappa shape index (κ2) is 5.97. The zero-order valence-corrected chi connectivity index (χ0v) is 11.1. The van der Waals surface area contributed by atoms with Crippen LogP contribution in [0.5, 0.6) is 0 Å². The van der Waals surface area contributed by atoms with E-state index in [0.29, 0.717) is 11.5 Å². The molecule has 94 valence electrons. The topological polar surface area (TPSA) is 37.3 Å². The molecule has 0 aliphatic carbocycles. The molecule has 1 aromatic rings. The highest BCUT2D eigenvalue weighted by Crippen LogP contribution is 2.22. The molecule has 2 heteroatoms. The molecule has 0 bridgehead atoms. The molecule has 0 spiro atoms. The molecule has 0 saturated heterocycles. The van der Waals surface area contributed by atoms with E-state index in [-0.39, 0.29) is 11.7 Å². The first kappa shape index (κ1) is 13.9. The molecule has 0 fully saturated rings. The lowest BCUT2D eigenvalue weighted by molar-refractivity contribution is -0.130. The van der Waals surface area contributed by atoms with Gasteiger partial charge >= 0.3 is 0 Å². The fourth-order valence-electron chi connectivity index (χ4n) is 1.72. The molecule has 2 unspecified atom stereocenters. The van der Waals surface area contributed by atoms with Gasteiger partial charge < -0.3 is 5.11 Å². The molecule has 2 atom stereocenters. The predicted molar refractivity (Wildman–Crippen MR) is 70.0 cm³/mol. The van der Waals surface area contributed by atoms with E-state index in [2.05, 4.69) is 13.8 Å². The van der Waals surface area contributed by atoms with Gasteiger partial charge in [-0.05, 0) is 23.5 Å². The minimum atomic E-state index is -0.985. The van der Waals surface area contributed by atoms with Gasteiger partial charge in [0.05, 0.1) is 0 Å². The van der Waals surface area contributed by atoms with E-state index in [4.69, 9.17) is 0 Å². The number of hydrogen-bond acceptors (Lipinski definition) is 2. The number of aliphatic hydroxyl groups excluding tert-OH is 1. The Bertz CT molecular complexity index is 365. The molecule has 1 rings (SSSR count). The Morgan fingerprint density at radius 2 is 1.59 bits per heavy atom. The molecular formula is C15H22O2. The Labute approximate surface area is 104 Å². The summed E-state index contributed by atoms with van der Waals surface area (Å²) in [6.07, 6.45) is 0.105. The van der Waals surface area contributed by atoms with E-state index < -0.39 is 6.10 Å². The number of aliphatic hydroxyl groups is 1. The molecule has 0 aliphatic rings. The average Bonchev–Trinajstić information content (AvgIpc) is 2.36. The summed E-state index contributed by atoms with van der Waals surface area (Å²) in [5.41, 5.74) is 1.94. The van der Waals surface area contributed by atoms with Crippen LogP contribution in [0, 0.1) is 5.92 Å². The summed E-state index contributed by atoms with van der Waals surface area (Å²) in [4.78, 5) is 11.7. The van der Waals surface area contributed by atoms with E-state index in [9.17, 15) is 9.90 Å². The van der Waals surface area contributed by atoms with Crippen molar-refractivity contribution < 1.29 is 9.90 Å². The van der Waals surface area contributed by atoms with E-state index in [1.807, 2.05) is 24.3 Å². The van der Waals surface area contributed by atoms with E-state index >= 15 is 0 Å². The lowest BCUT2D eigenvalue weighted by Crippen LogP contribution is -2.17. The van der Waals surface area contributed by atoms with Gasteiger partial charge in [-0.15, -0.1) is 0 Å². The van der Waals surface area contributed by atoms with Crippen LogP contribution in [0.2, 0.25) is 0 Å². The normalized spacial score (nSPS) is 14.7. The maximum Gasteiger partial charge on any atom is 0.168 e. The van der Waals surface area contributed by atoms with Crippen LogP contribution in [-0.4, -0.2) is 10.9 Å². The molecule has 1 aromatic carbocycles. The van der Waals surface area contributed by atoms with Crippen molar-refractivity contribution in [3.63, 3.8) is 0 Å². The molecule has 0 amide bonds. The van der Waals surface area contributed by atoms with Gasteiger partial charge in [0.1, 0.15) is 6.10 Å². The highest BCUT2D eigenvalue weighted by Gasteiger charge is 2.20. The van der Waals surface area contributed by atoms with Gasteiger partial charge in [-0.3, -0.25) is 4.79 Å². The molecule has 0 saturated carbocycles. The van der Waals surface area contributed by atoms with E-state index in [1.165, 1.54) is 5.56 Å².